The van der Waals surface area contributed by atoms with Gasteiger partial charge in [0, 0.05) is 11.4 Å². The number of hydrogen-bond donors (Lipinski definition) is 0. The minimum absolute atomic E-state index is 0.00716. The Kier molecular flexibility index (Phi) is 5.60. The van der Waals surface area contributed by atoms with Crippen LogP contribution in [0.2, 0.25) is 0 Å². The summed E-state index contributed by atoms with van der Waals surface area (Å²) in [6.07, 6.45) is 0.738. The molecule has 0 aliphatic heterocycles. The second-order valence-corrected chi connectivity index (χ2v) is 5.42. The van der Waals surface area contributed by atoms with Gasteiger partial charge in [-0.15, -0.1) is 11.6 Å². The van der Waals surface area contributed by atoms with E-state index in [1.54, 1.807) is 12.1 Å². The van der Waals surface area contributed by atoms with Crippen molar-refractivity contribution < 1.29 is 9.66 Å². The molecule has 0 amide bonds. The molecule has 0 radical (unpaired) electrons. The molecule has 0 saturated heterocycles. The van der Waals surface area contributed by atoms with E-state index in [-0.39, 0.29) is 23.1 Å². The number of nitrogens with zero attached hydrogens (tertiary/aromatic N) is 1. The number of benzene rings is 1. The van der Waals surface area contributed by atoms with Crippen LogP contribution in [0.4, 0.5) is 5.69 Å². The fourth-order valence-corrected chi connectivity index (χ4v) is 2.02. The molecule has 0 saturated carbocycles. The number of halogens is 1. The Morgan fingerprint density at radius 1 is 1.37 bits per heavy atom. The van der Waals surface area contributed by atoms with Crippen LogP contribution in [0.3, 0.4) is 0 Å². The number of ether oxygens (including phenoxy) is 1. The maximum absolute atomic E-state index is 11.0. The molecule has 1 aromatic rings. The number of alkyl halides is 1. The topological polar surface area (TPSA) is 52.4 Å². The van der Waals surface area contributed by atoms with E-state index in [1.807, 2.05) is 27.7 Å². The minimum Gasteiger partial charge on any atom is -0.484 e. The van der Waals surface area contributed by atoms with Crippen LogP contribution < -0.4 is 4.74 Å². The Morgan fingerprint density at radius 3 is 2.47 bits per heavy atom. The normalized spacial score (nSPS) is 14.2. The van der Waals surface area contributed by atoms with Crippen molar-refractivity contribution >= 4 is 17.3 Å². The van der Waals surface area contributed by atoms with Crippen molar-refractivity contribution in [3.8, 4) is 5.75 Å². The Hall–Kier alpha value is -1.29. The Bertz CT molecular complexity index is 448. The summed E-state index contributed by atoms with van der Waals surface area (Å²) in [5.74, 6) is 0.436. The van der Waals surface area contributed by atoms with Gasteiger partial charge in [-0.2, -0.15) is 0 Å². The van der Waals surface area contributed by atoms with Gasteiger partial charge in [-0.25, -0.2) is 0 Å². The Morgan fingerprint density at radius 2 is 2.00 bits per heavy atom. The number of nitro benzene ring substituents is 1. The van der Waals surface area contributed by atoms with Crippen LogP contribution in [0.15, 0.2) is 18.2 Å². The number of hydrogen-bond acceptors (Lipinski definition) is 3. The molecule has 0 heterocycles. The van der Waals surface area contributed by atoms with Crippen molar-refractivity contribution in [2.24, 2.45) is 0 Å². The van der Waals surface area contributed by atoms with Gasteiger partial charge in [0.15, 0.2) is 5.75 Å². The highest BCUT2D eigenvalue weighted by molar-refractivity contribution is 6.21. The average Bonchev–Trinajstić information content (AvgIpc) is 2.35. The molecule has 0 aromatic heterocycles. The van der Waals surface area contributed by atoms with Gasteiger partial charge < -0.3 is 4.74 Å². The largest absolute Gasteiger partial charge is 0.484 e. The van der Waals surface area contributed by atoms with Gasteiger partial charge in [-0.1, -0.05) is 19.9 Å². The van der Waals surface area contributed by atoms with Crippen LogP contribution in [-0.2, 0) is 0 Å². The van der Waals surface area contributed by atoms with Gasteiger partial charge in [-0.05, 0) is 37.8 Å². The highest BCUT2D eigenvalue weighted by Gasteiger charge is 2.21. The van der Waals surface area contributed by atoms with Gasteiger partial charge in [0.05, 0.1) is 11.0 Å². The first kappa shape index (κ1) is 15.8. The summed E-state index contributed by atoms with van der Waals surface area (Å²) in [5, 5.41) is 11.0. The average molecular weight is 286 g/mol. The van der Waals surface area contributed by atoms with Crippen LogP contribution in [0.5, 0.6) is 5.75 Å². The molecule has 1 aromatic carbocycles. The lowest BCUT2D eigenvalue weighted by Crippen LogP contribution is -2.11. The third-order valence-electron chi connectivity index (χ3n) is 3.00. The Balaban J connectivity index is 3.14. The van der Waals surface area contributed by atoms with Crippen molar-refractivity contribution in [2.75, 3.05) is 0 Å². The maximum Gasteiger partial charge on any atom is 0.310 e. The number of rotatable bonds is 6. The molecular formula is C14H20ClNO3. The quantitative estimate of drug-likeness (QED) is 0.439. The summed E-state index contributed by atoms with van der Waals surface area (Å²) in [4.78, 5) is 10.5. The van der Waals surface area contributed by atoms with E-state index in [2.05, 4.69) is 0 Å². The first-order valence-corrected chi connectivity index (χ1v) is 6.89. The lowest BCUT2D eigenvalue weighted by atomic mass is 9.95. The van der Waals surface area contributed by atoms with Gasteiger partial charge in [-0.3, -0.25) is 10.1 Å². The first-order chi connectivity index (χ1) is 8.86. The summed E-state index contributed by atoms with van der Waals surface area (Å²) in [6, 6.07) is 4.97. The molecule has 0 spiro atoms. The van der Waals surface area contributed by atoms with Crippen LogP contribution >= 0.6 is 11.6 Å². The van der Waals surface area contributed by atoms with Crippen molar-refractivity contribution in [3.63, 3.8) is 0 Å². The monoisotopic (exact) mass is 285 g/mol. The zero-order valence-electron chi connectivity index (χ0n) is 11.7. The molecule has 0 N–H and O–H groups in total. The van der Waals surface area contributed by atoms with E-state index in [4.69, 9.17) is 16.3 Å². The molecule has 0 bridgehead atoms. The van der Waals surface area contributed by atoms with E-state index in [9.17, 15) is 10.1 Å². The second kappa shape index (κ2) is 6.75. The zero-order valence-corrected chi connectivity index (χ0v) is 12.5. The van der Waals surface area contributed by atoms with Gasteiger partial charge in [0.1, 0.15) is 0 Å². The molecule has 106 valence electrons. The number of nitro groups is 1. The molecule has 0 aliphatic carbocycles. The van der Waals surface area contributed by atoms with E-state index < -0.39 is 4.92 Å². The SMILES string of the molecule is CCC(Cl)C(C)c1ccc([N+](=O)[O-])c(OC(C)C)c1. The van der Waals surface area contributed by atoms with E-state index >= 15 is 0 Å². The van der Waals surface area contributed by atoms with Gasteiger partial charge in [0.25, 0.3) is 0 Å². The van der Waals surface area contributed by atoms with E-state index in [0.717, 1.165) is 12.0 Å². The minimum atomic E-state index is -0.426. The van der Waals surface area contributed by atoms with Crippen LogP contribution in [-0.4, -0.2) is 16.4 Å². The molecule has 5 heteroatoms. The fourth-order valence-electron chi connectivity index (χ4n) is 1.88. The molecule has 2 unspecified atom stereocenters. The summed E-state index contributed by atoms with van der Waals surface area (Å²) in [6.45, 7) is 7.72. The van der Waals surface area contributed by atoms with Crippen molar-refractivity contribution in [1.29, 1.82) is 0 Å². The predicted octanol–water partition coefficient (Wildman–Crippen LogP) is 4.50. The molecule has 0 aliphatic rings. The molecule has 2 atom stereocenters. The smallest absolute Gasteiger partial charge is 0.310 e. The summed E-state index contributed by atoms with van der Waals surface area (Å²) < 4.78 is 5.53. The van der Waals surface area contributed by atoms with E-state index in [0.29, 0.717) is 5.75 Å². The van der Waals surface area contributed by atoms with Crippen LogP contribution in [0.25, 0.3) is 0 Å². The molecular weight excluding hydrogens is 266 g/mol. The summed E-state index contributed by atoms with van der Waals surface area (Å²) in [5.41, 5.74) is 0.954. The third-order valence-corrected chi connectivity index (χ3v) is 3.69. The van der Waals surface area contributed by atoms with Gasteiger partial charge in [0.2, 0.25) is 0 Å². The molecule has 4 nitrogen and oxygen atoms in total. The second-order valence-electron chi connectivity index (χ2n) is 4.86. The standard InChI is InChI=1S/C14H20ClNO3/c1-5-12(15)10(4)11-6-7-13(16(17)18)14(8-11)19-9(2)3/h6-10,12H,5H2,1-4H3. The third kappa shape index (κ3) is 4.10. The van der Waals surface area contributed by atoms with Crippen molar-refractivity contribution in [3.05, 3.63) is 33.9 Å². The fraction of sp³-hybridized carbons (Fsp3) is 0.571. The highest BCUT2D eigenvalue weighted by Crippen LogP contribution is 2.34. The van der Waals surface area contributed by atoms with Crippen LogP contribution in [0.1, 0.15) is 45.6 Å². The molecule has 1 rings (SSSR count). The van der Waals surface area contributed by atoms with Gasteiger partial charge >= 0.3 is 5.69 Å². The van der Waals surface area contributed by atoms with E-state index in [1.165, 1.54) is 6.07 Å². The highest BCUT2D eigenvalue weighted by atomic mass is 35.5. The van der Waals surface area contributed by atoms with Crippen molar-refractivity contribution in [2.45, 2.75) is 51.5 Å². The van der Waals surface area contributed by atoms with Crippen molar-refractivity contribution in [1.82, 2.24) is 0 Å². The Labute approximate surface area is 118 Å². The summed E-state index contributed by atoms with van der Waals surface area (Å²) in [7, 11) is 0. The first-order valence-electron chi connectivity index (χ1n) is 6.45. The zero-order chi connectivity index (χ0) is 14.6. The predicted molar refractivity (Wildman–Crippen MR) is 77.2 cm³/mol. The lowest BCUT2D eigenvalue weighted by molar-refractivity contribution is -0.386. The summed E-state index contributed by atoms with van der Waals surface area (Å²) >= 11 is 6.24. The maximum atomic E-state index is 11.0. The lowest BCUT2D eigenvalue weighted by Gasteiger charge is -2.18. The molecule has 0 fully saturated rings. The van der Waals surface area contributed by atoms with Crippen LogP contribution in [0, 0.1) is 10.1 Å². The molecule has 19 heavy (non-hydrogen) atoms.